The molecule has 0 spiro atoms. The molecule has 5 heteroatoms. The molecule has 0 aliphatic carbocycles. The highest BCUT2D eigenvalue weighted by atomic mass is 16.2. The first-order chi connectivity index (χ1) is 7.04. The minimum atomic E-state index is -0.567. The van der Waals surface area contributed by atoms with E-state index in [0.29, 0.717) is 19.6 Å². The number of carbonyl (C=O) groups is 2. The number of nitrogens with zero attached hydrogens (tertiary/aromatic N) is 1. The average molecular weight is 215 g/mol. The fourth-order valence-electron chi connectivity index (χ4n) is 1.23. The highest BCUT2D eigenvalue weighted by Gasteiger charge is 2.22. The van der Waals surface area contributed by atoms with Gasteiger partial charge in [-0.2, -0.15) is 0 Å². The third-order valence-corrected chi connectivity index (χ3v) is 1.97. The monoisotopic (exact) mass is 215 g/mol. The van der Waals surface area contributed by atoms with Crippen LogP contribution < -0.4 is 11.1 Å². The first-order valence-corrected chi connectivity index (χ1v) is 5.33. The first kappa shape index (κ1) is 13.9. The van der Waals surface area contributed by atoms with Crippen molar-refractivity contribution in [2.24, 2.45) is 5.73 Å². The lowest BCUT2D eigenvalue weighted by atomic mass is 10.2. The number of nitrogens with two attached hydrogens (primary N) is 1. The summed E-state index contributed by atoms with van der Waals surface area (Å²) >= 11 is 0. The summed E-state index contributed by atoms with van der Waals surface area (Å²) in [4.78, 5) is 24.6. The third-order valence-electron chi connectivity index (χ3n) is 1.97. The second-order valence-corrected chi connectivity index (χ2v) is 3.64. The van der Waals surface area contributed by atoms with Gasteiger partial charge in [-0.3, -0.25) is 9.59 Å². The Morgan fingerprint density at radius 2 is 2.00 bits per heavy atom. The molecule has 0 heterocycles. The van der Waals surface area contributed by atoms with Crippen molar-refractivity contribution >= 4 is 11.8 Å². The van der Waals surface area contributed by atoms with Gasteiger partial charge in [0.25, 0.3) is 0 Å². The van der Waals surface area contributed by atoms with Crippen LogP contribution in [0.15, 0.2) is 0 Å². The van der Waals surface area contributed by atoms with E-state index in [0.717, 1.165) is 6.42 Å². The van der Waals surface area contributed by atoms with Crippen molar-refractivity contribution in [2.75, 3.05) is 19.6 Å². The quantitative estimate of drug-likeness (QED) is 0.619. The molecular weight excluding hydrogens is 194 g/mol. The van der Waals surface area contributed by atoms with E-state index in [1.54, 1.807) is 4.90 Å². The van der Waals surface area contributed by atoms with Crippen LogP contribution >= 0.6 is 0 Å². The predicted octanol–water partition coefficient (Wildman–Crippen LogP) is -0.292. The van der Waals surface area contributed by atoms with Crippen molar-refractivity contribution in [3.05, 3.63) is 0 Å². The normalized spacial score (nSPS) is 10.2. The zero-order valence-corrected chi connectivity index (χ0v) is 9.75. The van der Waals surface area contributed by atoms with Crippen LogP contribution in [0.25, 0.3) is 0 Å². The maximum Gasteiger partial charge on any atom is 0.312 e. The Labute approximate surface area is 91.0 Å². The molecule has 0 bridgehead atoms. The smallest absolute Gasteiger partial charge is 0.312 e. The summed E-state index contributed by atoms with van der Waals surface area (Å²) in [7, 11) is 0. The lowest BCUT2D eigenvalue weighted by Crippen LogP contribution is -2.47. The van der Waals surface area contributed by atoms with E-state index in [2.05, 4.69) is 5.32 Å². The third kappa shape index (κ3) is 4.78. The van der Waals surface area contributed by atoms with E-state index in [1.807, 2.05) is 20.8 Å². The van der Waals surface area contributed by atoms with Gasteiger partial charge in [0.05, 0.1) is 0 Å². The van der Waals surface area contributed by atoms with Gasteiger partial charge >= 0.3 is 11.8 Å². The molecular formula is C10H21N3O2. The average Bonchev–Trinajstić information content (AvgIpc) is 2.21. The second kappa shape index (κ2) is 7.23. The van der Waals surface area contributed by atoms with Crippen molar-refractivity contribution in [1.82, 2.24) is 10.2 Å². The number of rotatable bonds is 5. The fourth-order valence-corrected chi connectivity index (χ4v) is 1.23. The first-order valence-electron chi connectivity index (χ1n) is 5.33. The van der Waals surface area contributed by atoms with E-state index < -0.39 is 11.8 Å². The van der Waals surface area contributed by atoms with Gasteiger partial charge in [0, 0.05) is 25.7 Å². The van der Waals surface area contributed by atoms with E-state index >= 15 is 0 Å². The van der Waals surface area contributed by atoms with Gasteiger partial charge in [0.1, 0.15) is 0 Å². The lowest BCUT2D eigenvalue weighted by Gasteiger charge is -2.25. The number of hydrogen-bond donors (Lipinski definition) is 2. The van der Waals surface area contributed by atoms with Gasteiger partial charge < -0.3 is 16.0 Å². The number of nitrogens with one attached hydrogen (secondary N) is 1. The zero-order valence-electron chi connectivity index (χ0n) is 9.75. The Morgan fingerprint density at radius 1 is 1.40 bits per heavy atom. The van der Waals surface area contributed by atoms with E-state index in [9.17, 15) is 9.59 Å². The van der Waals surface area contributed by atoms with Gasteiger partial charge in [-0.25, -0.2) is 0 Å². The van der Waals surface area contributed by atoms with Crippen LogP contribution in [0.4, 0.5) is 0 Å². The molecule has 5 nitrogen and oxygen atoms in total. The van der Waals surface area contributed by atoms with Gasteiger partial charge in [-0.05, 0) is 20.3 Å². The molecule has 0 unspecified atom stereocenters. The van der Waals surface area contributed by atoms with Crippen LogP contribution in [0.3, 0.4) is 0 Å². The van der Waals surface area contributed by atoms with Gasteiger partial charge in [-0.1, -0.05) is 6.92 Å². The van der Waals surface area contributed by atoms with Crippen LogP contribution in [-0.2, 0) is 9.59 Å². The van der Waals surface area contributed by atoms with Crippen molar-refractivity contribution in [2.45, 2.75) is 33.2 Å². The summed E-state index contributed by atoms with van der Waals surface area (Å²) in [5.41, 5.74) is 5.23. The Bertz CT molecular complexity index is 217. The molecule has 2 amide bonds. The summed E-state index contributed by atoms with van der Waals surface area (Å²) in [5, 5.41) is 2.47. The minimum Gasteiger partial charge on any atom is -0.347 e. The second-order valence-electron chi connectivity index (χ2n) is 3.64. The summed E-state index contributed by atoms with van der Waals surface area (Å²) < 4.78 is 0. The molecule has 3 N–H and O–H groups in total. The minimum absolute atomic E-state index is 0.0427. The van der Waals surface area contributed by atoms with Crippen molar-refractivity contribution in [3.63, 3.8) is 0 Å². The summed E-state index contributed by atoms with van der Waals surface area (Å²) in [6.07, 6.45) is 0.841. The molecule has 0 aliphatic rings. The number of hydrogen-bond acceptors (Lipinski definition) is 3. The molecule has 0 fully saturated rings. The maximum atomic E-state index is 11.7. The molecule has 0 aromatic rings. The highest BCUT2D eigenvalue weighted by Crippen LogP contribution is 2.00. The molecule has 0 saturated heterocycles. The molecule has 0 aromatic heterocycles. The lowest BCUT2D eigenvalue weighted by molar-refractivity contribution is -0.147. The van der Waals surface area contributed by atoms with Crippen molar-refractivity contribution in [3.8, 4) is 0 Å². The van der Waals surface area contributed by atoms with E-state index in [-0.39, 0.29) is 6.04 Å². The Hall–Kier alpha value is -1.10. The maximum absolute atomic E-state index is 11.7. The van der Waals surface area contributed by atoms with Gasteiger partial charge in [-0.15, -0.1) is 0 Å². The molecule has 15 heavy (non-hydrogen) atoms. The predicted molar refractivity (Wildman–Crippen MR) is 59.2 cm³/mol. The molecule has 0 aliphatic heterocycles. The molecule has 0 radical (unpaired) electrons. The van der Waals surface area contributed by atoms with Crippen LogP contribution in [0, 0.1) is 0 Å². The van der Waals surface area contributed by atoms with Crippen LogP contribution in [0.1, 0.15) is 27.2 Å². The molecule has 0 aromatic carbocycles. The van der Waals surface area contributed by atoms with Crippen LogP contribution in [-0.4, -0.2) is 42.4 Å². The van der Waals surface area contributed by atoms with Gasteiger partial charge in [0.15, 0.2) is 0 Å². The fraction of sp³-hybridized carbons (Fsp3) is 0.800. The number of amides is 2. The van der Waals surface area contributed by atoms with Crippen molar-refractivity contribution in [1.29, 1.82) is 0 Å². The number of carbonyl (C=O) groups excluding carboxylic acids is 2. The Balaban J connectivity index is 4.29. The molecule has 0 saturated carbocycles. The van der Waals surface area contributed by atoms with Crippen LogP contribution in [0.2, 0.25) is 0 Å². The summed E-state index contributed by atoms with van der Waals surface area (Å²) in [5.74, 6) is -1.04. The molecule has 0 rings (SSSR count). The SMILES string of the molecule is CCCN(C(=O)C(=O)NCCN)C(C)C. The van der Waals surface area contributed by atoms with Crippen molar-refractivity contribution < 1.29 is 9.59 Å². The van der Waals surface area contributed by atoms with E-state index in [4.69, 9.17) is 5.73 Å². The topological polar surface area (TPSA) is 75.4 Å². The Morgan fingerprint density at radius 3 is 2.40 bits per heavy atom. The largest absolute Gasteiger partial charge is 0.347 e. The summed E-state index contributed by atoms with van der Waals surface area (Å²) in [6.45, 7) is 7.04. The standard InChI is InChI=1S/C10H21N3O2/c1-4-7-13(8(2)3)10(15)9(14)12-6-5-11/h8H,4-7,11H2,1-3H3,(H,12,14). The molecule has 88 valence electrons. The summed E-state index contributed by atoms with van der Waals surface area (Å²) in [6, 6.07) is 0.0427. The van der Waals surface area contributed by atoms with Crippen LogP contribution in [0.5, 0.6) is 0 Å². The van der Waals surface area contributed by atoms with E-state index in [1.165, 1.54) is 0 Å². The zero-order chi connectivity index (χ0) is 11.8. The Kier molecular flexibility index (Phi) is 6.70. The van der Waals surface area contributed by atoms with Gasteiger partial charge in [0.2, 0.25) is 0 Å². The molecule has 0 atom stereocenters. The highest BCUT2D eigenvalue weighted by molar-refractivity contribution is 6.35.